The van der Waals surface area contributed by atoms with Crippen LogP contribution in [0.2, 0.25) is 5.15 Å². The second kappa shape index (κ2) is 4.40. The van der Waals surface area contributed by atoms with E-state index in [1.807, 2.05) is 6.07 Å². The van der Waals surface area contributed by atoms with E-state index in [4.69, 9.17) is 23.1 Å². The van der Waals surface area contributed by atoms with E-state index in [0.29, 0.717) is 11.7 Å². The highest BCUT2D eigenvalue weighted by molar-refractivity contribution is 6.29. The van der Waals surface area contributed by atoms with Gasteiger partial charge in [-0.05, 0) is 18.1 Å². The number of rotatable bonds is 3. The first-order valence-electron chi connectivity index (χ1n) is 3.78. The highest BCUT2D eigenvalue weighted by Crippen LogP contribution is 2.06. The summed E-state index contributed by atoms with van der Waals surface area (Å²) < 4.78 is 0. The van der Waals surface area contributed by atoms with Crippen LogP contribution in [0.15, 0.2) is 18.3 Å². The fraction of sp³-hybridized carbons (Fsp3) is 0.375. The van der Waals surface area contributed by atoms with Crippen molar-refractivity contribution in [1.82, 2.24) is 4.98 Å². The molecule has 1 heterocycles. The Morgan fingerprint density at radius 1 is 1.50 bits per heavy atom. The van der Waals surface area contributed by atoms with Gasteiger partial charge in [0.15, 0.2) is 0 Å². The summed E-state index contributed by atoms with van der Waals surface area (Å²) in [6.45, 7) is 0.489. The summed E-state index contributed by atoms with van der Waals surface area (Å²) in [5.41, 5.74) is 12.1. The minimum Gasteiger partial charge on any atom is -0.329 e. The van der Waals surface area contributed by atoms with Gasteiger partial charge in [-0.1, -0.05) is 17.7 Å². The third kappa shape index (κ3) is 2.77. The SMILES string of the molecule is NCC(N)Cc1ccc(Cl)nc1. The van der Waals surface area contributed by atoms with Gasteiger partial charge in [-0.2, -0.15) is 0 Å². The number of hydrogen-bond donors (Lipinski definition) is 2. The Labute approximate surface area is 76.7 Å². The standard InChI is InChI=1S/C8H12ClN3/c9-8-2-1-6(5-12-8)3-7(11)4-10/h1-2,5,7H,3-4,10-11H2. The summed E-state index contributed by atoms with van der Waals surface area (Å²) in [7, 11) is 0. The Morgan fingerprint density at radius 2 is 2.25 bits per heavy atom. The minimum absolute atomic E-state index is 0.00738. The van der Waals surface area contributed by atoms with Gasteiger partial charge in [0.25, 0.3) is 0 Å². The maximum absolute atomic E-state index is 5.66. The average Bonchev–Trinajstić information content (AvgIpc) is 2.09. The Kier molecular flexibility index (Phi) is 3.47. The molecule has 1 rings (SSSR count). The number of halogens is 1. The predicted octanol–water partition coefficient (Wildman–Crippen LogP) is 0.564. The lowest BCUT2D eigenvalue weighted by Crippen LogP contribution is -2.31. The molecule has 1 atom stereocenters. The molecule has 0 aliphatic heterocycles. The summed E-state index contributed by atoms with van der Waals surface area (Å²) in [4.78, 5) is 3.94. The molecule has 1 unspecified atom stereocenters. The summed E-state index contributed by atoms with van der Waals surface area (Å²) in [5.74, 6) is 0. The van der Waals surface area contributed by atoms with E-state index in [-0.39, 0.29) is 6.04 Å². The summed E-state index contributed by atoms with van der Waals surface area (Å²) in [5, 5.41) is 0.500. The van der Waals surface area contributed by atoms with Crippen molar-refractivity contribution < 1.29 is 0 Å². The molecule has 0 aromatic carbocycles. The smallest absolute Gasteiger partial charge is 0.129 e. The summed E-state index contributed by atoms with van der Waals surface area (Å²) in [6.07, 6.45) is 2.47. The van der Waals surface area contributed by atoms with Crippen molar-refractivity contribution in [2.24, 2.45) is 11.5 Å². The number of nitrogens with two attached hydrogens (primary N) is 2. The molecule has 1 aromatic rings. The zero-order valence-electron chi connectivity index (χ0n) is 6.70. The maximum atomic E-state index is 5.66. The lowest BCUT2D eigenvalue weighted by Gasteiger charge is -2.07. The first-order valence-corrected chi connectivity index (χ1v) is 4.16. The van der Waals surface area contributed by atoms with Crippen molar-refractivity contribution in [1.29, 1.82) is 0 Å². The van der Waals surface area contributed by atoms with E-state index in [1.54, 1.807) is 12.3 Å². The molecule has 3 nitrogen and oxygen atoms in total. The van der Waals surface area contributed by atoms with Crippen LogP contribution >= 0.6 is 11.6 Å². The van der Waals surface area contributed by atoms with Crippen LogP contribution in [0.25, 0.3) is 0 Å². The molecule has 4 heteroatoms. The third-order valence-corrected chi connectivity index (χ3v) is 1.81. The van der Waals surface area contributed by atoms with Crippen LogP contribution < -0.4 is 11.5 Å². The Bertz CT molecular complexity index is 235. The number of hydrogen-bond acceptors (Lipinski definition) is 3. The van der Waals surface area contributed by atoms with E-state index in [2.05, 4.69) is 4.98 Å². The van der Waals surface area contributed by atoms with Gasteiger partial charge in [0.1, 0.15) is 5.15 Å². The topological polar surface area (TPSA) is 64.9 Å². The summed E-state index contributed by atoms with van der Waals surface area (Å²) >= 11 is 5.62. The maximum Gasteiger partial charge on any atom is 0.129 e. The molecule has 0 fully saturated rings. The van der Waals surface area contributed by atoms with Gasteiger partial charge in [-0.15, -0.1) is 0 Å². The molecular weight excluding hydrogens is 174 g/mol. The number of aromatic nitrogens is 1. The Morgan fingerprint density at radius 3 is 2.75 bits per heavy atom. The molecule has 66 valence electrons. The molecule has 0 aliphatic rings. The molecule has 0 bridgehead atoms. The van der Waals surface area contributed by atoms with Crippen LogP contribution in [0.3, 0.4) is 0 Å². The zero-order chi connectivity index (χ0) is 8.97. The van der Waals surface area contributed by atoms with Crippen LogP contribution in [-0.2, 0) is 6.42 Å². The molecule has 0 amide bonds. The van der Waals surface area contributed by atoms with Gasteiger partial charge < -0.3 is 11.5 Å². The van der Waals surface area contributed by atoms with Gasteiger partial charge in [0, 0.05) is 18.8 Å². The second-order valence-corrected chi connectivity index (χ2v) is 3.08. The van der Waals surface area contributed by atoms with Gasteiger partial charge in [-0.3, -0.25) is 0 Å². The normalized spacial score (nSPS) is 12.9. The van der Waals surface area contributed by atoms with E-state index in [1.165, 1.54) is 0 Å². The molecule has 0 saturated heterocycles. The fourth-order valence-electron chi connectivity index (χ4n) is 0.913. The van der Waals surface area contributed by atoms with Crippen molar-refractivity contribution in [3.05, 3.63) is 29.0 Å². The van der Waals surface area contributed by atoms with E-state index >= 15 is 0 Å². The number of nitrogens with zero attached hydrogens (tertiary/aromatic N) is 1. The first-order chi connectivity index (χ1) is 5.72. The van der Waals surface area contributed by atoms with Crippen molar-refractivity contribution >= 4 is 11.6 Å². The quantitative estimate of drug-likeness (QED) is 0.677. The molecule has 0 saturated carbocycles. The molecular formula is C8H12ClN3. The third-order valence-electron chi connectivity index (χ3n) is 1.59. The van der Waals surface area contributed by atoms with Gasteiger partial charge in [0.2, 0.25) is 0 Å². The van der Waals surface area contributed by atoms with Gasteiger partial charge in [0.05, 0.1) is 0 Å². The molecule has 1 aromatic heterocycles. The highest BCUT2D eigenvalue weighted by atomic mass is 35.5. The van der Waals surface area contributed by atoms with Crippen LogP contribution in [0.5, 0.6) is 0 Å². The van der Waals surface area contributed by atoms with Crippen molar-refractivity contribution in [2.75, 3.05) is 6.54 Å². The fourth-order valence-corrected chi connectivity index (χ4v) is 1.03. The molecule has 0 aliphatic carbocycles. The minimum atomic E-state index is 0.00738. The van der Waals surface area contributed by atoms with Crippen molar-refractivity contribution in [2.45, 2.75) is 12.5 Å². The molecule has 0 spiro atoms. The average molecular weight is 186 g/mol. The van der Waals surface area contributed by atoms with E-state index in [0.717, 1.165) is 12.0 Å². The van der Waals surface area contributed by atoms with Crippen LogP contribution in [0.1, 0.15) is 5.56 Å². The lowest BCUT2D eigenvalue weighted by atomic mass is 10.1. The first kappa shape index (κ1) is 9.45. The largest absolute Gasteiger partial charge is 0.329 e. The monoisotopic (exact) mass is 185 g/mol. The Hall–Kier alpha value is -0.640. The Balaban J connectivity index is 2.58. The zero-order valence-corrected chi connectivity index (χ0v) is 7.46. The number of pyridine rings is 1. The van der Waals surface area contributed by atoms with Gasteiger partial charge >= 0.3 is 0 Å². The molecule has 4 N–H and O–H groups in total. The predicted molar refractivity (Wildman–Crippen MR) is 50.0 cm³/mol. The van der Waals surface area contributed by atoms with Crippen molar-refractivity contribution in [3.8, 4) is 0 Å². The van der Waals surface area contributed by atoms with E-state index < -0.39 is 0 Å². The highest BCUT2D eigenvalue weighted by Gasteiger charge is 2.01. The summed E-state index contributed by atoms with van der Waals surface area (Å²) in [6, 6.07) is 3.67. The van der Waals surface area contributed by atoms with Crippen molar-refractivity contribution in [3.63, 3.8) is 0 Å². The van der Waals surface area contributed by atoms with Crippen LogP contribution in [0, 0.1) is 0 Å². The van der Waals surface area contributed by atoms with Crippen LogP contribution in [0.4, 0.5) is 0 Å². The van der Waals surface area contributed by atoms with E-state index in [9.17, 15) is 0 Å². The second-order valence-electron chi connectivity index (χ2n) is 2.69. The molecule has 12 heavy (non-hydrogen) atoms. The molecule has 0 radical (unpaired) electrons. The van der Waals surface area contributed by atoms with Gasteiger partial charge in [-0.25, -0.2) is 4.98 Å². The van der Waals surface area contributed by atoms with Crippen LogP contribution in [-0.4, -0.2) is 17.6 Å². The lowest BCUT2D eigenvalue weighted by molar-refractivity contribution is 0.677.